The smallest absolute Gasteiger partial charge is 0.416 e. The number of amides is 1. The van der Waals surface area contributed by atoms with Crippen LogP contribution in [0.3, 0.4) is 0 Å². The molecule has 0 atom stereocenters. The monoisotopic (exact) mass is 654 g/mol. The number of methoxy groups -OCH3 is 1. The van der Waals surface area contributed by atoms with E-state index in [1.807, 2.05) is 0 Å². The molecule has 0 bridgehead atoms. The molecule has 0 aliphatic carbocycles. The normalized spacial score (nSPS) is 11.5. The van der Waals surface area contributed by atoms with Crippen molar-refractivity contribution in [2.75, 3.05) is 32.2 Å². The second kappa shape index (κ2) is 13.6. The number of nitrogens with one attached hydrogen (secondary N) is 1. The summed E-state index contributed by atoms with van der Waals surface area (Å²) in [6.07, 6.45) is -4.54. The average molecular weight is 655 g/mol. The molecule has 0 fully saturated rings. The highest BCUT2D eigenvalue weighted by Gasteiger charge is 2.31. The van der Waals surface area contributed by atoms with Crippen molar-refractivity contribution in [3.8, 4) is 38.0 Å². The Morgan fingerprint density at radius 3 is 2.30 bits per heavy atom. The molecule has 0 aliphatic rings. The average Bonchev–Trinajstić information content (AvgIpc) is 3.61. The Balaban J connectivity index is 1.57. The Bertz CT molecular complexity index is 1870. The molecule has 0 radical (unpaired) electrons. The van der Waals surface area contributed by atoms with Gasteiger partial charge in [-0.3, -0.25) is 4.79 Å². The minimum atomic E-state index is -4.54. The number of ether oxygens (including phenoxy) is 2. The van der Waals surface area contributed by atoms with E-state index in [4.69, 9.17) is 9.47 Å². The van der Waals surface area contributed by atoms with Crippen LogP contribution in [-0.2, 0) is 20.4 Å². The highest BCUT2D eigenvalue weighted by Crippen LogP contribution is 2.41. The van der Waals surface area contributed by atoms with Crippen molar-refractivity contribution in [3.05, 3.63) is 95.6 Å². The number of carbonyl (C=O) groups excluding carboxylic acids is 1. The number of halogens is 4. The van der Waals surface area contributed by atoms with E-state index in [2.05, 4.69) is 15.4 Å². The fraction of sp³-hybridized carbons (Fsp3) is 0.188. The molecule has 0 saturated heterocycles. The highest BCUT2D eigenvalue weighted by molar-refractivity contribution is 7.18. The maximum absolute atomic E-state index is 14.1. The van der Waals surface area contributed by atoms with Gasteiger partial charge in [-0.05, 0) is 54.4 Å². The number of thiazole rings is 1. The van der Waals surface area contributed by atoms with E-state index >= 15 is 0 Å². The van der Waals surface area contributed by atoms with Gasteiger partial charge in [-0.1, -0.05) is 47.7 Å². The predicted octanol–water partition coefficient (Wildman–Crippen LogP) is 7.10. The largest absolute Gasteiger partial charge is 0.476 e. The Labute approximate surface area is 264 Å². The Hall–Kier alpha value is -4.92. The van der Waals surface area contributed by atoms with Crippen molar-refractivity contribution in [1.82, 2.24) is 14.8 Å². The zero-order valence-electron chi connectivity index (χ0n) is 24.4. The predicted molar refractivity (Wildman–Crippen MR) is 164 cm³/mol. The van der Waals surface area contributed by atoms with E-state index in [1.54, 1.807) is 37.3 Å². The van der Waals surface area contributed by atoms with Crippen LogP contribution in [0.2, 0.25) is 0 Å². The van der Waals surface area contributed by atoms with Crippen LogP contribution in [-0.4, -0.2) is 58.7 Å². The number of carboxylic acids is 1. The summed E-state index contributed by atoms with van der Waals surface area (Å²) in [7, 11) is 1.52. The standard InChI is InChI=1S/C32H26F4N4O5S/c1-18-26(21-4-3-5-23(33)16-21)28(30(42)43)40(39-18)31-38-27(19-6-10-22(11-7-19)32(34,35)36)29(46-31)20-8-12-24(13-9-20)37-25(41)17-45-15-14-44-2/h3-13,16H,14-15,17H2,1-2H3,(H,37,41)(H,42,43). The second-order valence-electron chi connectivity index (χ2n) is 9.96. The number of aryl methyl sites for hydroxylation is 1. The van der Waals surface area contributed by atoms with Gasteiger partial charge in [-0.2, -0.15) is 23.0 Å². The molecule has 0 saturated carbocycles. The van der Waals surface area contributed by atoms with Crippen molar-refractivity contribution in [1.29, 1.82) is 0 Å². The quantitative estimate of drug-likeness (QED) is 0.115. The third-order valence-electron chi connectivity index (χ3n) is 6.75. The van der Waals surface area contributed by atoms with E-state index in [1.165, 1.54) is 37.4 Å². The van der Waals surface area contributed by atoms with Gasteiger partial charge in [0.2, 0.25) is 11.0 Å². The van der Waals surface area contributed by atoms with Crippen molar-refractivity contribution in [2.45, 2.75) is 13.1 Å². The number of hydrogen-bond donors (Lipinski definition) is 2. The van der Waals surface area contributed by atoms with Gasteiger partial charge in [0, 0.05) is 23.9 Å². The number of carbonyl (C=O) groups is 2. The van der Waals surface area contributed by atoms with Gasteiger partial charge >= 0.3 is 12.1 Å². The van der Waals surface area contributed by atoms with Gasteiger partial charge in [-0.25, -0.2) is 14.2 Å². The molecular weight excluding hydrogens is 628 g/mol. The third kappa shape index (κ3) is 7.14. The molecule has 14 heteroatoms. The molecule has 5 rings (SSSR count). The number of carboxylic acid groups (broad SMARTS) is 1. The van der Waals surface area contributed by atoms with Gasteiger partial charge in [-0.15, -0.1) is 0 Å². The first kappa shape index (κ1) is 32.5. The van der Waals surface area contributed by atoms with Crippen LogP contribution in [0.15, 0.2) is 72.8 Å². The molecule has 0 unspecified atom stereocenters. The van der Waals surface area contributed by atoms with E-state index in [-0.39, 0.29) is 41.2 Å². The maximum Gasteiger partial charge on any atom is 0.416 e. The number of aromatic nitrogens is 3. The second-order valence-corrected chi connectivity index (χ2v) is 10.9. The number of anilines is 1. The van der Waals surface area contributed by atoms with E-state index in [0.29, 0.717) is 39.6 Å². The number of nitrogens with zero attached hydrogens (tertiary/aromatic N) is 3. The first-order valence-electron chi connectivity index (χ1n) is 13.7. The number of aromatic carboxylic acids is 1. The summed E-state index contributed by atoms with van der Waals surface area (Å²) in [5, 5.41) is 17.5. The molecule has 1 amide bonds. The van der Waals surface area contributed by atoms with Crippen LogP contribution in [0.4, 0.5) is 23.2 Å². The Kier molecular flexibility index (Phi) is 9.60. The lowest BCUT2D eigenvalue weighted by atomic mass is 10.0. The molecule has 2 N–H and O–H groups in total. The van der Waals surface area contributed by atoms with Crippen LogP contribution in [0.1, 0.15) is 21.7 Å². The maximum atomic E-state index is 14.1. The van der Waals surface area contributed by atoms with Gasteiger partial charge in [0.25, 0.3) is 0 Å². The molecule has 2 heterocycles. The van der Waals surface area contributed by atoms with Crippen LogP contribution in [0.5, 0.6) is 0 Å². The SMILES string of the molecule is COCCOCC(=O)Nc1ccc(-c2sc(-n3nc(C)c(-c4cccc(F)c4)c3C(=O)O)nc2-c2ccc(C(F)(F)F)cc2)cc1. The van der Waals surface area contributed by atoms with E-state index in [0.717, 1.165) is 28.2 Å². The lowest BCUT2D eigenvalue weighted by Gasteiger charge is -2.09. The van der Waals surface area contributed by atoms with E-state index in [9.17, 15) is 32.3 Å². The number of rotatable bonds is 11. The van der Waals surface area contributed by atoms with Crippen LogP contribution in [0, 0.1) is 12.7 Å². The summed E-state index contributed by atoms with van der Waals surface area (Å²) in [5.41, 5.74) is 1.43. The Morgan fingerprint density at radius 1 is 0.978 bits per heavy atom. The molecule has 0 spiro atoms. The Morgan fingerprint density at radius 2 is 1.67 bits per heavy atom. The summed E-state index contributed by atoms with van der Waals surface area (Å²) in [6.45, 7) is 2.02. The highest BCUT2D eigenvalue weighted by atomic mass is 32.1. The summed E-state index contributed by atoms with van der Waals surface area (Å²) in [6, 6.07) is 16.6. The van der Waals surface area contributed by atoms with Crippen LogP contribution in [0.25, 0.3) is 38.0 Å². The summed E-state index contributed by atoms with van der Waals surface area (Å²) in [4.78, 5) is 29.9. The zero-order valence-corrected chi connectivity index (χ0v) is 25.2. The fourth-order valence-electron chi connectivity index (χ4n) is 4.67. The van der Waals surface area contributed by atoms with Crippen molar-refractivity contribution in [3.63, 3.8) is 0 Å². The first-order valence-corrected chi connectivity index (χ1v) is 14.5. The molecule has 9 nitrogen and oxygen atoms in total. The molecule has 46 heavy (non-hydrogen) atoms. The fourth-order valence-corrected chi connectivity index (χ4v) is 5.72. The molecule has 2 aromatic heterocycles. The molecule has 3 aromatic carbocycles. The zero-order chi connectivity index (χ0) is 33.0. The molecule has 0 aliphatic heterocycles. The number of alkyl halides is 3. The lowest BCUT2D eigenvalue weighted by molar-refractivity contribution is -0.137. The summed E-state index contributed by atoms with van der Waals surface area (Å²) >= 11 is 1.07. The van der Waals surface area contributed by atoms with E-state index < -0.39 is 23.5 Å². The summed E-state index contributed by atoms with van der Waals surface area (Å²) in [5.74, 6) is -2.27. The molecule has 238 valence electrons. The number of benzene rings is 3. The molecular formula is C32H26F4N4O5S. The van der Waals surface area contributed by atoms with Gasteiger partial charge in [0.05, 0.1) is 35.0 Å². The van der Waals surface area contributed by atoms with Crippen LogP contribution >= 0.6 is 11.3 Å². The first-order chi connectivity index (χ1) is 22.0. The summed E-state index contributed by atoms with van der Waals surface area (Å²) < 4.78 is 65.2. The van der Waals surface area contributed by atoms with Gasteiger partial charge in [0.1, 0.15) is 12.4 Å². The van der Waals surface area contributed by atoms with Crippen molar-refractivity contribution in [2.24, 2.45) is 0 Å². The van der Waals surface area contributed by atoms with Crippen molar-refractivity contribution < 1.29 is 41.7 Å². The minimum Gasteiger partial charge on any atom is -0.476 e. The van der Waals surface area contributed by atoms with Crippen molar-refractivity contribution >= 4 is 28.9 Å². The van der Waals surface area contributed by atoms with Gasteiger partial charge < -0.3 is 19.9 Å². The van der Waals surface area contributed by atoms with Gasteiger partial charge in [0.15, 0.2) is 5.69 Å². The molecule has 5 aromatic rings. The topological polar surface area (TPSA) is 116 Å². The number of hydrogen-bond acceptors (Lipinski definition) is 7. The lowest BCUT2D eigenvalue weighted by Crippen LogP contribution is -2.19. The van der Waals surface area contributed by atoms with Crippen LogP contribution < -0.4 is 5.32 Å². The third-order valence-corrected chi connectivity index (χ3v) is 7.83. The minimum absolute atomic E-state index is 0.124.